The lowest BCUT2D eigenvalue weighted by molar-refractivity contribution is -0.145. The predicted molar refractivity (Wildman–Crippen MR) is 123 cm³/mol. The number of carbonyl (C=O) groups is 2. The second-order valence-electron chi connectivity index (χ2n) is 10.7. The van der Waals surface area contributed by atoms with Crippen molar-refractivity contribution in [2.24, 2.45) is 5.92 Å². The molecule has 2 heterocycles. The third kappa shape index (κ3) is 8.19. The molecule has 0 bridgehead atoms. The van der Waals surface area contributed by atoms with Crippen molar-refractivity contribution in [1.29, 1.82) is 0 Å². The van der Waals surface area contributed by atoms with E-state index in [2.05, 4.69) is 9.80 Å². The summed E-state index contributed by atoms with van der Waals surface area (Å²) in [6, 6.07) is 0.624. The van der Waals surface area contributed by atoms with E-state index in [0.717, 1.165) is 84.3 Å². The summed E-state index contributed by atoms with van der Waals surface area (Å²) in [6.07, 6.45) is 7.48. The van der Waals surface area contributed by atoms with Gasteiger partial charge in [-0.05, 0) is 78.2 Å². The van der Waals surface area contributed by atoms with Crippen LogP contribution in [-0.2, 0) is 14.3 Å². The Kier molecular flexibility index (Phi) is 9.20. The molecule has 0 unspecified atom stereocenters. The largest absolute Gasteiger partial charge is 0.480 e. The summed E-state index contributed by atoms with van der Waals surface area (Å²) in [5, 5.41) is 8.76. The van der Waals surface area contributed by atoms with Crippen molar-refractivity contribution in [3.05, 3.63) is 0 Å². The number of amides is 1. The van der Waals surface area contributed by atoms with Crippen LogP contribution >= 0.6 is 0 Å². The van der Waals surface area contributed by atoms with E-state index in [0.29, 0.717) is 12.0 Å². The lowest BCUT2D eigenvalue weighted by Crippen LogP contribution is -2.51. The first-order chi connectivity index (χ1) is 15.2. The van der Waals surface area contributed by atoms with Crippen molar-refractivity contribution >= 4 is 12.1 Å². The Morgan fingerprint density at radius 3 is 2.09 bits per heavy atom. The van der Waals surface area contributed by atoms with Gasteiger partial charge in [-0.1, -0.05) is 0 Å². The summed E-state index contributed by atoms with van der Waals surface area (Å²) in [6.45, 7) is 12.9. The molecule has 0 atom stereocenters. The number of aliphatic carboxylic acids is 1. The molecule has 0 aromatic rings. The van der Waals surface area contributed by atoms with Crippen molar-refractivity contribution in [1.82, 2.24) is 14.7 Å². The number of piperidine rings is 1. The molecule has 3 aliphatic rings. The summed E-state index contributed by atoms with van der Waals surface area (Å²) in [5.74, 6) is -0.176. The van der Waals surface area contributed by atoms with Crippen LogP contribution in [0.2, 0.25) is 0 Å². The van der Waals surface area contributed by atoms with Crippen LogP contribution in [0.25, 0.3) is 0 Å². The summed E-state index contributed by atoms with van der Waals surface area (Å²) in [7, 11) is 0. The number of carboxylic acid groups (broad SMARTS) is 1. The first kappa shape index (κ1) is 25.2. The van der Waals surface area contributed by atoms with Crippen molar-refractivity contribution in [3.63, 3.8) is 0 Å². The van der Waals surface area contributed by atoms with E-state index in [4.69, 9.17) is 14.6 Å². The quantitative estimate of drug-likeness (QED) is 0.634. The lowest BCUT2D eigenvalue weighted by atomic mass is 9.91. The molecule has 0 aromatic heterocycles. The molecule has 3 rings (SSSR count). The van der Waals surface area contributed by atoms with Gasteiger partial charge in [-0.2, -0.15) is 0 Å². The molecule has 0 spiro atoms. The Morgan fingerprint density at radius 1 is 0.906 bits per heavy atom. The highest BCUT2D eigenvalue weighted by molar-refractivity contribution is 5.68. The molecule has 0 aromatic carbocycles. The second kappa shape index (κ2) is 11.7. The molecule has 8 nitrogen and oxygen atoms in total. The maximum atomic E-state index is 12.2. The van der Waals surface area contributed by atoms with Gasteiger partial charge in [0.2, 0.25) is 0 Å². The van der Waals surface area contributed by atoms with Gasteiger partial charge in [0.25, 0.3) is 0 Å². The summed E-state index contributed by atoms with van der Waals surface area (Å²) in [4.78, 5) is 30.0. The summed E-state index contributed by atoms with van der Waals surface area (Å²) in [5.41, 5.74) is -0.427. The third-order valence-electron chi connectivity index (χ3n) is 7.13. The predicted octanol–water partition coefficient (Wildman–Crippen LogP) is 3.05. The minimum atomic E-state index is -0.878. The molecular weight excluding hydrogens is 410 g/mol. The van der Waals surface area contributed by atoms with Gasteiger partial charge in [-0.3, -0.25) is 4.90 Å². The maximum absolute atomic E-state index is 12.2. The number of ether oxygens (including phenoxy) is 2. The van der Waals surface area contributed by atoms with E-state index in [1.807, 2.05) is 25.7 Å². The molecule has 2 saturated heterocycles. The van der Waals surface area contributed by atoms with Gasteiger partial charge >= 0.3 is 12.1 Å². The molecule has 8 heteroatoms. The van der Waals surface area contributed by atoms with Crippen molar-refractivity contribution < 1.29 is 24.2 Å². The van der Waals surface area contributed by atoms with E-state index >= 15 is 0 Å². The van der Waals surface area contributed by atoms with Crippen molar-refractivity contribution in [2.75, 3.05) is 52.4 Å². The van der Waals surface area contributed by atoms with Crippen molar-refractivity contribution in [2.45, 2.75) is 83.5 Å². The smallest absolute Gasteiger partial charge is 0.410 e. The van der Waals surface area contributed by atoms with E-state index in [1.54, 1.807) is 0 Å². The minimum absolute atomic E-state index is 0.116. The molecule has 3 fully saturated rings. The third-order valence-corrected chi connectivity index (χ3v) is 7.13. The number of carboxylic acids is 1. The van der Waals surface area contributed by atoms with Gasteiger partial charge in [-0.15, -0.1) is 0 Å². The Labute approximate surface area is 193 Å². The minimum Gasteiger partial charge on any atom is -0.480 e. The number of nitrogens with zero attached hydrogens (tertiary/aromatic N) is 3. The van der Waals surface area contributed by atoms with Crippen LogP contribution < -0.4 is 0 Å². The topological polar surface area (TPSA) is 82.5 Å². The highest BCUT2D eigenvalue weighted by atomic mass is 16.6. The van der Waals surface area contributed by atoms with Crippen LogP contribution in [0.5, 0.6) is 0 Å². The zero-order valence-electron chi connectivity index (χ0n) is 20.3. The zero-order chi connectivity index (χ0) is 23.1. The molecule has 0 radical (unpaired) electrons. The molecule has 184 valence electrons. The van der Waals surface area contributed by atoms with E-state index < -0.39 is 11.6 Å². The summed E-state index contributed by atoms with van der Waals surface area (Å²) < 4.78 is 11.0. The van der Waals surface area contributed by atoms with Gasteiger partial charge in [0, 0.05) is 45.3 Å². The van der Waals surface area contributed by atoms with Crippen LogP contribution in [0.4, 0.5) is 4.79 Å². The van der Waals surface area contributed by atoms with Crippen LogP contribution in [-0.4, -0.2) is 102 Å². The standard InChI is InChI=1S/C24H43N3O5/c1-24(2,3)32-23(30)27-12-9-19(10-13-27)8-11-25-14-16-26(17-15-25)20-4-6-21(7-5-20)31-18-22(28)29/h19-21H,4-18H2,1-3H3,(H,28,29). The average Bonchev–Trinajstić information content (AvgIpc) is 2.76. The van der Waals surface area contributed by atoms with Crippen LogP contribution in [0.1, 0.15) is 65.7 Å². The molecule has 2 aliphatic heterocycles. The number of rotatable bonds is 7. The van der Waals surface area contributed by atoms with Crippen LogP contribution in [0.3, 0.4) is 0 Å². The zero-order valence-corrected chi connectivity index (χ0v) is 20.3. The van der Waals surface area contributed by atoms with Gasteiger partial charge in [0.1, 0.15) is 12.2 Å². The number of hydrogen-bond acceptors (Lipinski definition) is 6. The van der Waals surface area contributed by atoms with Gasteiger partial charge in [0.15, 0.2) is 0 Å². The fourth-order valence-electron chi connectivity index (χ4n) is 5.21. The highest BCUT2D eigenvalue weighted by Crippen LogP contribution is 2.27. The number of hydrogen-bond donors (Lipinski definition) is 1. The fraction of sp³-hybridized carbons (Fsp3) is 0.917. The average molecular weight is 454 g/mol. The second-order valence-corrected chi connectivity index (χ2v) is 10.7. The highest BCUT2D eigenvalue weighted by Gasteiger charge is 2.30. The van der Waals surface area contributed by atoms with Gasteiger partial charge in [-0.25, -0.2) is 9.59 Å². The summed E-state index contributed by atoms with van der Waals surface area (Å²) >= 11 is 0. The Balaban J connectivity index is 1.27. The monoisotopic (exact) mass is 453 g/mol. The normalized spacial score (nSPS) is 26.8. The molecule has 1 N–H and O–H groups in total. The van der Waals surface area contributed by atoms with E-state index in [1.165, 1.54) is 6.42 Å². The fourth-order valence-corrected chi connectivity index (χ4v) is 5.21. The lowest BCUT2D eigenvalue weighted by Gasteiger charge is -2.42. The Morgan fingerprint density at radius 2 is 1.53 bits per heavy atom. The Hall–Kier alpha value is -1.38. The number of piperazine rings is 1. The first-order valence-electron chi connectivity index (χ1n) is 12.5. The Bertz CT molecular complexity index is 599. The molecule has 32 heavy (non-hydrogen) atoms. The van der Waals surface area contributed by atoms with Gasteiger partial charge < -0.3 is 24.4 Å². The first-order valence-corrected chi connectivity index (χ1v) is 12.5. The molecule has 1 saturated carbocycles. The molecular formula is C24H43N3O5. The number of carbonyl (C=O) groups excluding carboxylic acids is 1. The van der Waals surface area contributed by atoms with Crippen LogP contribution in [0, 0.1) is 5.92 Å². The molecule has 1 amide bonds. The van der Waals surface area contributed by atoms with Crippen molar-refractivity contribution in [3.8, 4) is 0 Å². The molecule has 1 aliphatic carbocycles. The maximum Gasteiger partial charge on any atom is 0.410 e. The van der Waals surface area contributed by atoms with Crippen LogP contribution in [0.15, 0.2) is 0 Å². The van der Waals surface area contributed by atoms with E-state index in [9.17, 15) is 9.59 Å². The van der Waals surface area contributed by atoms with E-state index in [-0.39, 0.29) is 18.8 Å². The van der Waals surface area contributed by atoms with Gasteiger partial charge in [0.05, 0.1) is 6.10 Å². The number of likely N-dealkylation sites (tertiary alicyclic amines) is 1. The SMILES string of the molecule is CC(C)(C)OC(=O)N1CCC(CCN2CCN(C3CCC(OCC(=O)O)CC3)CC2)CC1.